The fraction of sp³-hybridized carbons (Fsp3) is 0.538. The van der Waals surface area contributed by atoms with E-state index in [1.165, 1.54) is 29.5 Å². The highest BCUT2D eigenvalue weighted by Crippen LogP contribution is 2.17. The van der Waals surface area contributed by atoms with Crippen molar-refractivity contribution in [1.82, 2.24) is 10.6 Å². The molecule has 0 saturated heterocycles. The Balaban J connectivity index is 1.87. The van der Waals surface area contributed by atoms with Crippen molar-refractivity contribution in [3.8, 4) is 0 Å². The molecule has 1 heterocycles. The van der Waals surface area contributed by atoms with Gasteiger partial charge in [0.15, 0.2) is 0 Å². The highest BCUT2D eigenvalue weighted by molar-refractivity contribution is 5.34. The molecule has 0 spiro atoms. The summed E-state index contributed by atoms with van der Waals surface area (Å²) in [5.41, 5.74) is 4.46. The minimum Gasteiger partial charge on any atom is -0.317 e. The minimum absolute atomic E-state index is 1.05. The van der Waals surface area contributed by atoms with Gasteiger partial charge in [0.25, 0.3) is 0 Å². The van der Waals surface area contributed by atoms with Crippen LogP contribution in [-0.4, -0.2) is 13.1 Å². The summed E-state index contributed by atoms with van der Waals surface area (Å²) in [6.07, 6.45) is 2.43. The normalized spacial score (nSPS) is 14.2. The van der Waals surface area contributed by atoms with E-state index in [4.69, 9.17) is 0 Å². The Morgan fingerprint density at radius 3 is 3.00 bits per heavy atom. The van der Waals surface area contributed by atoms with Crippen molar-refractivity contribution in [2.45, 2.75) is 32.9 Å². The molecule has 15 heavy (non-hydrogen) atoms. The van der Waals surface area contributed by atoms with Gasteiger partial charge in [-0.25, -0.2) is 0 Å². The number of benzene rings is 1. The number of hydrogen-bond acceptors (Lipinski definition) is 2. The summed E-state index contributed by atoms with van der Waals surface area (Å²) in [5, 5.41) is 6.74. The smallest absolute Gasteiger partial charge is 0.0212 e. The third kappa shape index (κ3) is 2.80. The summed E-state index contributed by atoms with van der Waals surface area (Å²) in [6, 6.07) is 6.91. The zero-order valence-electron chi connectivity index (χ0n) is 9.47. The SMILES string of the molecule is CCNCCCc1ccc2c(c1)CNC2. The van der Waals surface area contributed by atoms with Gasteiger partial charge >= 0.3 is 0 Å². The first-order valence-electron chi connectivity index (χ1n) is 5.92. The van der Waals surface area contributed by atoms with Crippen LogP contribution in [0.5, 0.6) is 0 Å². The summed E-state index contributed by atoms with van der Waals surface area (Å²) in [5.74, 6) is 0. The van der Waals surface area contributed by atoms with E-state index in [2.05, 4.69) is 35.8 Å². The summed E-state index contributed by atoms with van der Waals surface area (Å²) in [7, 11) is 0. The molecule has 0 aromatic heterocycles. The maximum atomic E-state index is 3.38. The van der Waals surface area contributed by atoms with Crippen molar-refractivity contribution in [3.05, 3.63) is 34.9 Å². The Morgan fingerprint density at radius 1 is 1.27 bits per heavy atom. The van der Waals surface area contributed by atoms with E-state index in [0.717, 1.165) is 26.2 Å². The molecule has 0 aliphatic carbocycles. The Bertz CT molecular complexity index is 320. The Hall–Kier alpha value is -0.860. The quantitative estimate of drug-likeness (QED) is 0.715. The molecular formula is C13H20N2. The molecule has 0 saturated carbocycles. The van der Waals surface area contributed by atoms with E-state index in [1.807, 2.05) is 0 Å². The van der Waals surface area contributed by atoms with Crippen LogP contribution in [0.15, 0.2) is 18.2 Å². The summed E-state index contributed by atoms with van der Waals surface area (Å²) in [6.45, 7) is 6.46. The standard InChI is InChI=1S/C13H20N2/c1-2-14-7-3-4-11-5-6-12-9-15-10-13(12)8-11/h5-6,8,14-15H,2-4,7,9-10H2,1H3. The highest BCUT2D eigenvalue weighted by Gasteiger charge is 2.09. The average molecular weight is 204 g/mol. The molecular weight excluding hydrogens is 184 g/mol. The van der Waals surface area contributed by atoms with Gasteiger partial charge in [0.2, 0.25) is 0 Å². The van der Waals surface area contributed by atoms with Gasteiger partial charge in [-0.1, -0.05) is 25.1 Å². The van der Waals surface area contributed by atoms with Crippen LogP contribution in [0.2, 0.25) is 0 Å². The minimum atomic E-state index is 1.05. The molecule has 0 radical (unpaired) electrons. The lowest BCUT2D eigenvalue weighted by atomic mass is 10.0. The monoisotopic (exact) mass is 204 g/mol. The Labute approximate surface area is 92.1 Å². The van der Waals surface area contributed by atoms with E-state index < -0.39 is 0 Å². The summed E-state index contributed by atoms with van der Waals surface area (Å²) < 4.78 is 0. The molecule has 0 atom stereocenters. The van der Waals surface area contributed by atoms with Crippen molar-refractivity contribution in [2.75, 3.05) is 13.1 Å². The molecule has 0 unspecified atom stereocenters. The highest BCUT2D eigenvalue weighted by atomic mass is 14.9. The lowest BCUT2D eigenvalue weighted by molar-refractivity contribution is 0.672. The van der Waals surface area contributed by atoms with Crippen molar-refractivity contribution < 1.29 is 0 Å². The Kier molecular flexibility index (Phi) is 3.75. The molecule has 0 bridgehead atoms. The van der Waals surface area contributed by atoms with Crippen molar-refractivity contribution >= 4 is 0 Å². The molecule has 2 rings (SSSR count). The van der Waals surface area contributed by atoms with Crippen LogP contribution in [0, 0.1) is 0 Å². The lowest BCUT2D eigenvalue weighted by Crippen LogP contribution is -2.14. The maximum Gasteiger partial charge on any atom is 0.0212 e. The van der Waals surface area contributed by atoms with Crippen molar-refractivity contribution in [2.24, 2.45) is 0 Å². The second-order valence-corrected chi connectivity index (χ2v) is 4.16. The zero-order chi connectivity index (χ0) is 10.5. The van der Waals surface area contributed by atoms with Gasteiger partial charge in [-0.2, -0.15) is 0 Å². The topological polar surface area (TPSA) is 24.1 Å². The third-order valence-corrected chi connectivity index (χ3v) is 2.97. The second-order valence-electron chi connectivity index (χ2n) is 4.16. The predicted molar refractivity (Wildman–Crippen MR) is 63.9 cm³/mol. The van der Waals surface area contributed by atoms with Crippen LogP contribution >= 0.6 is 0 Å². The number of hydrogen-bond donors (Lipinski definition) is 2. The molecule has 1 aromatic carbocycles. The molecule has 82 valence electrons. The lowest BCUT2D eigenvalue weighted by Gasteiger charge is -2.04. The van der Waals surface area contributed by atoms with Crippen LogP contribution < -0.4 is 10.6 Å². The van der Waals surface area contributed by atoms with Crippen LogP contribution in [0.4, 0.5) is 0 Å². The van der Waals surface area contributed by atoms with E-state index in [0.29, 0.717) is 0 Å². The molecule has 0 amide bonds. The van der Waals surface area contributed by atoms with E-state index in [9.17, 15) is 0 Å². The van der Waals surface area contributed by atoms with Gasteiger partial charge in [0.05, 0.1) is 0 Å². The van der Waals surface area contributed by atoms with E-state index in [1.54, 1.807) is 0 Å². The largest absolute Gasteiger partial charge is 0.317 e. The second kappa shape index (κ2) is 5.29. The van der Waals surface area contributed by atoms with Gasteiger partial charge < -0.3 is 10.6 Å². The van der Waals surface area contributed by atoms with Gasteiger partial charge in [-0.05, 0) is 42.6 Å². The first kappa shape index (κ1) is 10.7. The number of aryl methyl sites for hydroxylation is 1. The van der Waals surface area contributed by atoms with E-state index >= 15 is 0 Å². The first-order chi connectivity index (χ1) is 7.40. The molecule has 2 heteroatoms. The van der Waals surface area contributed by atoms with Crippen LogP contribution in [0.25, 0.3) is 0 Å². The summed E-state index contributed by atoms with van der Waals surface area (Å²) >= 11 is 0. The third-order valence-electron chi connectivity index (χ3n) is 2.97. The van der Waals surface area contributed by atoms with Gasteiger partial charge in [0.1, 0.15) is 0 Å². The number of nitrogens with one attached hydrogen (secondary N) is 2. The predicted octanol–water partition coefficient (Wildman–Crippen LogP) is 1.83. The van der Waals surface area contributed by atoms with Crippen molar-refractivity contribution in [3.63, 3.8) is 0 Å². The molecule has 2 N–H and O–H groups in total. The first-order valence-corrected chi connectivity index (χ1v) is 5.92. The van der Waals surface area contributed by atoms with E-state index in [-0.39, 0.29) is 0 Å². The molecule has 0 fully saturated rings. The summed E-state index contributed by atoms with van der Waals surface area (Å²) in [4.78, 5) is 0. The fourth-order valence-corrected chi connectivity index (χ4v) is 2.10. The average Bonchev–Trinajstić information content (AvgIpc) is 2.71. The van der Waals surface area contributed by atoms with Gasteiger partial charge in [0, 0.05) is 13.1 Å². The molecule has 1 aromatic rings. The van der Waals surface area contributed by atoms with Gasteiger partial charge in [-0.3, -0.25) is 0 Å². The molecule has 1 aliphatic heterocycles. The van der Waals surface area contributed by atoms with Crippen LogP contribution in [0.3, 0.4) is 0 Å². The van der Waals surface area contributed by atoms with Crippen LogP contribution in [-0.2, 0) is 19.5 Å². The maximum absolute atomic E-state index is 3.38. The van der Waals surface area contributed by atoms with Crippen LogP contribution in [0.1, 0.15) is 30.0 Å². The Morgan fingerprint density at radius 2 is 2.13 bits per heavy atom. The number of fused-ring (bicyclic) bond motifs is 1. The molecule has 1 aliphatic rings. The van der Waals surface area contributed by atoms with Gasteiger partial charge in [-0.15, -0.1) is 0 Å². The van der Waals surface area contributed by atoms with Crippen molar-refractivity contribution in [1.29, 1.82) is 0 Å². The number of rotatable bonds is 5. The molecule has 2 nitrogen and oxygen atoms in total. The zero-order valence-corrected chi connectivity index (χ0v) is 9.47. The fourth-order valence-electron chi connectivity index (χ4n) is 2.10.